The van der Waals surface area contributed by atoms with E-state index in [1.54, 1.807) is 14.2 Å². The minimum absolute atomic E-state index is 0.575. The van der Waals surface area contributed by atoms with Gasteiger partial charge in [0.25, 0.3) is 0 Å². The summed E-state index contributed by atoms with van der Waals surface area (Å²) < 4.78 is 10.2. The highest BCUT2D eigenvalue weighted by atomic mass is 16.5. The fourth-order valence-corrected chi connectivity index (χ4v) is 1.47. The van der Waals surface area contributed by atoms with E-state index in [9.17, 15) is 0 Å². The Bertz CT molecular complexity index is 135. The Labute approximate surface area is 100 Å². The van der Waals surface area contributed by atoms with Crippen molar-refractivity contribution in [1.29, 1.82) is 0 Å². The summed E-state index contributed by atoms with van der Waals surface area (Å²) in [4.78, 5) is 2.38. The van der Waals surface area contributed by atoms with E-state index in [0.717, 1.165) is 39.4 Å². The maximum atomic E-state index is 5.10. The molecule has 4 heteroatoms. The predicted octanol–water partition coefficient (Wildman–Crippen LogP) is 0.969. The summed E-state index contributed by atoms with van der Waals surface area (Å²) in [7, 11) is 3.49. The predicted molar refractivity (Wildman–Crippen MR) is 67.9 cm³/mol. The molecule has 0 aromatic rings. The molecular formula is C12H28N2O2. The number of hydrogen-bond donors (Lipinski definition) is 1. The normalized spacial score (nSPS) is 11.6. The van der Waals surface area contributed by atoms with E-state index in [2.05, 4.69) is 24.1 Å². The minimum Gasteiger partial charge on any atom is -0.383 e. The van der Waals surface area contributed by atoms with Crippen LogP contribution in [0.5, 0.6) is 0 Å². The first-order valence-electron chi connectivity index (χ1n) is 6.14. The average molecular weight is 232 g/mol. The van der Waals surface area contributed by atoms with E-state index in [0.29, 0.717) is 6.04 Å². The van der Waals surface area contributed by atoms with Crippen LogP contribution in [0, 0.1) is 0 Å². The van der Waals surface area contributed by atoms with Crippen LogP contribution < -0.4 is 5.32 Å². The summed E-state index contributed by atoms with van der Waals surface area (Å²) in [5, 5.41) is 3.42. The first-order chi connectivity index (χ1) is 7.70. The molecule has 0 aromatic carbocycles. The van der Waals surface area contributed by atoms with Crippen molar-refractivity contribution in [2.45, 2.75) is 26.3 Å². The third-order valence-corrected chi connectivity index (χ3v) is 2.43. The molecule has 0 bridgehead atoms. The molecule has 0 aromatic heterocycles. The molecule has 0 aliphatic carbocycles. The molecule has 0 aliphatic heterocycles. The van der Waals surface area contributed by atoms with Crippen LogP contribution in [0.1, 0.15) is 20.3 Å². The van der Waals surface area contributed by atoms with Crippen LogP contribution in [-0.2, 0) is 9.47 Å². The first kappa shape index (κ1) is 15.8. The van der Waals surface area contributed by atoms with E-state index in [4.69, 9.17) is 9.47 Å². The molecule has 0 spiro atoms. The second kappa shape index (κ2) is 11.3. The van der Waals surface area contributed by atoms with E-state index >= 15 is 0 Å². The van der Waals surface area contributed by atoms with Crippen molar-refractivity contribution >= 4 is 0 Å². The Morgan fingerprint density at radius 1 is 1.00 bits per heavy atom. The Morgan fingerprint density at radius 2 is 1.56 bits per heavy atom. The lowest BCUT2D eigenvalue weighted by Gasteiger charge is -2.21. The summed E-state index contributed by atoms with van der Waals surface area (Å²) >= 11 is 0. The van der Waals surface area contributed by atoms with E-state index in [1.165, 1.54) is 6.42 Å². The molecule has 0 radical (unpaired) electrons. The molecule has 4 nitrogen and oxygen atoms in total. The van der Waals surface area contributed by atoms with Crippen LogP contribution in [0.3, 0.4) is 0 Å². The van der Waals surface area contributed by atoms with Gasteiger partial charge in [-0.3, -0.25) is 4.90 Å². The van der Waals surface area contributed by atoms with E-state index in [-0.39, 0.29) is 0 Å². The smallest absolute Gasteiger partial charge is 0.0589 e. The molecule has 0 rings (SSSR count). The standard InChI is InChI=1S/C12H28N2O2/c1-12(2)13-6-5-7-14(8-10-15-3)9-11-16-4/h12-13H,5-11H2,1-4H3. The zero-order valence-electron chi connectivity index (χ0n) is 11.3. The summed E-state index contributed by atoms with van der Waals surface area (Å²) in [5.41, 5.74) is 0. The quantitative estimate of drug-likeness (QED) is 0.538. The van der Waals surface area contributed by atoms with Gasteiger partial charge in [0, 0.05) is 33.4 Å². The highest BCUT2D eigenvalue weighted by molar-refractivity contribution is 4.60. The molecule has 0 saturated heterocycles. The molecular weight excluding hydrogens is 204 g/mol. The van der Waals surface area contributed by atoms with Gasteiger partial charge in [0.1, 0.15) is 0 Å². The zero-order chi connectivity index (χ0) is 12.2. The minimum atomic E-state index is 0.575. The SMILES string of the molecule is COCCN(CCCNC(C)C)CCOC. The van der Waals surface area contributed by atoms with Gasteiger partial charge in [0.15, 0.2) is 0 Å². The third-order valence-electron chi connectivity index (χ3n) is 2.43. The molecule has 0 heterocycles. The van der Waals surface area contributed by atoms with Crippen LogP contribution in [0.2, 0.25) is 0 Å². The molecule has 98 valence electrons. The van der Waals surface area contributed by atoms with Gasteiger partial charge < -0.3 is 14.8 Å². The van der Waals surface area contributed by atoms with Crippen LogP contribution in [0.25, 0.3) is 0 Å². The second-order valence-corrected chi connectivity index (χ2v) is 4.29. The van der Waals surface area contributed by atoms with E-state index < -0.39 is 0 Å². The molecule has 0 aliphatic rings. The number of nitrogens with zero attached hydrogens (tertiary/aromatic N) is 1. The highest BCUT2D eigenvalue weighted by Gasteiger charge is 2.03. The number of hydrogen-bond acceptors (Lipinski definition) is 4. The average Bonchev–Trinajstić information content (AvgIpc) is 2.26. The molecule has 0 unspecified atom stereocenters. The molecule has 0 saturated carbocycles. The van der Waals surface area contributed by atoms with Crippen molar-refractivity contribution in [3.05, 3.63) is 0 Å². The topological polar surface area (TPSA) is 33.7 Å². The number of rotatable bonds is 11. The third kappa shape index (κ3) is 10.4. The maximum absolute atomic E-state index is 5.10. The lowest BCUT2D eigenvalue weighted by atomic mass is 10.3. The van der Waals surface area contributed by atoms with Crippen LogP contribution in [0.15, 0.2) is 0 Å². The van der Waals surface area contributed by atoms with Crippen LogP contribution in [-0.4, -0.2) is 64.6 Å². The Morgan fingerprint density at radius 3 is 2.00 bits per heavy atom. The summed E-state index contributed by atoms with van der Waals surface area (Å²) in [6.07, 6.45) is 1.17. The Kier molecular flexibility index (Phi) is 11.2. The first-order valence-corrected chi connectivity index (χ1v) is 6.14. The molecule has 1 N–H and O–H groups in total. The summed E-state index contributed by atoms with van der Waals surface area (Å²) in [6, 6.07) is 0.575. The van der Waals surface area contributed by atoms with Gasteiger partial charge >= 0.3 is 0 Å². The maximum Gasteiger partial charge on any atom is 0.0589 e. The highest BCUT2D eigenvalue weighted by Crippen LogP contribution is 1.92. The number of methoxy groups -OCH3 is 2. The molecule has 0 fully saturated rings. The largest absolute Gasteiger partial charge is 0.383 e. The Hall–Kier alpha value is -0.160. The lowest BCUT2D eigenvalue weighted by Crippen LogP contribution is -2.34. The van der Waals surface area contributed by atoms with Gasteiger partial charge in [-0.25, -0.2) is 0 Å². The summed E-state index contributed by atoms with van der Waals surface area (Å²) in [5.74, 6) is 0. The molecule has 0 atom stereocenters. The van der Waals surface area contributed by atoms with Gasteiger partial charge in [0.2, 0.25) is 0 Å². The van der Waals surface area contributed by atoms with Crippen molar-refractivity contribution in [3.63, 3.8) is 0 Å². The van der Waals surface area contributed by atoms with Crippen molar-refractivity contribution < 1.29 is 9.47 Å². The number of ether oxygens (including phenoxy) is 2. The number of nitrogens with one attached hydrogen (secondary N) is 1. The second-order valence-electron chi connectivity index (χ2n) is 4.29. The van der Waals surface area contributed by atoms with Crippen molar-refractivity contribution in [2.75, 3.05) is 53.6 Å². The van der Waals surface area contributed by atoms with Crippen molar-refractivity contribution in [3.8, 4) is 0 Å². The van der Waals surface area contributed by atoms with Gasteiger partial charge in [-0.2, -0.15) is 0 Å². The zero-order valence-corrected chi connectivity index (χ0v) is 11.3. The molecule has 16 heavy (non-hydrogen) atoms. The summed E-state index contributed by atoms with van der Waals surface area (Å²) in [6.45, 7) is 10.1. The monoisotopic (exact) mass is 232 g/mol. The fourth-order valence-electron chi connectivity index (χ4n) is 1.47. The lowest BCUT2D eigenvalue weighted by molar-refractivity contribution is 0.113. The van der Waals surface area contributed by atoms with Crippen molar-refractivity contribution in [1.82, 2.24) is 10.2 Å². The van der Waals surface area contributed by atoms with Gasteiger partial charge in [-0.1, -0.05) is 13.8 Å². The molecule has 0 amide bonds. The van der Waals surface area contributed by atoms with E-state index in [1.807, 2.05) is 0 Å². The van der Waals surface area contributed by atoms with Crippen LogP contribution >= 0.6 is 0 Å². The van der Waals surface area contributed by atoms with Crippen LogP contribution in [0.4, 0.5) is 0 Å². The fraction of sp³-hybridized carbons (Fsp3) is 1.00. The van der Waals surface area contributed by atoms with Crippen molar-refractivity contribution in [2.24, 2.45) is 0 Å². The van der Waals surface area contributed by atoms with Gasteiger partial charge in [-0.05, 0) is 19.5 Å². The van der Waals surface area contributed by atoms with Gasteiger partial charge in [0.05, 0.1) is 13.2 Å². The van der Waals surface area contributed by atoms with Gasteiger partial charge in [-0.15, -0.1) is 0 Å². The Balaban J connectivity index is 3.56.